The van der Waals surface area contributed by atoms with Crippen molar-refractivity contribution in [3.63, 3.8) is 0 Å². The maximum absolute atomic E-state index is 13.4. The van der Waals surface area contributed by atoms with Crippen LogP contribution in [0.15, 0.2) is 41.5 Å². The summed E-state index contributed by atoms with van der Waals surface area (Å²) in [5, 5.41) is 7.40. The number of nitrogens with zero attached hydrogens (tertiary/aromatic N) is 4. The Morgan fingerprint density at radius 1 is 1.21 bits per heavy atom. The van der Waals surface area contributed by atoms with Gasteiger partial charge in [-0.25, -0.2) is 0 Å². The number of pyridine rings is 2. The lowest BCUT2D eigenvalue weighted by Gasteiger charge is -2.31. The average Bonchev–Trinajstić information content (AvgIpc) is 3.21. The van der Waals surface area contributed by atoms with Crippen molar-refractivity contribution < 1.29 is 9.59 Å². The lowest BCUT2D eigenvalue weighted by atomic mass is 9.93. The molecule has 0 aromatic carbocycles. The Hall–Kier alpha value is -3.75. The van der Waals surface area contributed by atoms with Crippen molar-refractivity contribution in [2.45, 2.75) is 44.7 Å². The number of rotatable bonds is 4. The average molecular weight is 447 g/mol. The summed E-state index contributed by atoms with van der Waals surface area (Å²) >= 11 is 0. The number of hydrogen-bond acceptors (Lipinski definition) is 5. The summed E-state index contributed by atoms with van der Waals surface area (Å²) < 4.78 is 1.66. The zero-order valence-corrected chi connectivity index (χ0v) is 18.5. The fourth-order valence-corrected chi connectivity index (χ4v) is 4.72. The summed E-state index contributed by atoms with van der Waals surface area (Å²) in [4.78, 5) is 47.9. The molecule has 0 fully saturated rings. The number of carbonyl (C=O) groups excluding carboxylic acids is 2. The third-order valence-corrected chi connectivity index (χ3v) is 6.37. The zero-order chi connectivity index (χ0) is 22.9. The smallest absolute Gasteiger partial charge is 0.261 e. The summed E-state index contributed by atoms with van der Waals surface area (Å²) in [6, 6.07) is 7.26. The van der Waals surface area contributed by atoms with E-state index in [0.717, 1.165) is 48.2 Å². The van der Waals surface area contributed by atoms with Crippen molar-refractivity contribution in [2.24, 2.45) is 7.05 Å². The molecule has 5 rings (SSSR count). The van der Waals surface area contributed by atoms with Crippen molar-refractivity contribution in [3.05, 3.63) is 80.8 Å². The Morgan fingerprint density at radius 3 is 2.88 bits per heavy atom. The predicted molar refractivity (Wildman–Crippen MR) is 120 cm³/mol. The molecule has 170 valence electrons. The molecule has 3 aromatic heterocycles. The van der Waals surface area contributed by atoms with Crippen molar-refractivity contribution in [1.82, 2.24) is 30.0 Å². The van der Waals surface area contributed by atoms with Crippen LogP contribution in [-0.4, -0.2) is 43.0 Å². The lowest BCUT2D eigenvalue weighted by Crippen LogP contribution is -2.45. The van der Waals surface area contributed by atoms with E-state index >= 15 is 0 Å². The summed E-state index contributed by atoms with van der Waals surface area (Å²) in [7, 11) is 1.79. The minimum absolute atomic E-state index is 0.135. The first-order chi connectivity index (χ1) is 16.0. The molecule has 3 aromatic rings. The molecular formula is C24H26N6O3. The van der Waals surface area contributed by atoms with Crippen molar-refractivity contribution >= 4 is 11.8 Å². The summed E-state index contributed by atoms with van der Waals surface area (Å²) in [5.74, 6) is -1.21. The molecule has 0 spiro atoms. The Kier molecular flexibility index (Phi) is 5.53. The zero-order valence-electron chi connectivity index (χ0n) is 18.5. The van der Waals surface area contributed by atoms with Gasteiger partial charge in [0.1, 0.15) is 5.56 Å². The van der Waals surface area contributed by atoms with E-state index in [9.17, 15) is 14.4 Å². The van der Waals surface area contributed by atoms with Gasteiger partial charge in [-0.15, -0.1) is 0 Å². The fourth-order valence-electron chi connectivity index (χ4n) is 4.72. The number of aromatic amines is 1. The molecule has 33 heavy (non-hydrogen) atoms. The fraction of sp³-hybridized carbons (Fsp3) is 0.375. The molecule has 1 unspecified atom stereocenters. The van der Waals surface area contributed by atoms with E-state index in [1.54, 1.807) is 28.9 Å². The highest BCUT2D eigenvalue weighted by atomic mass is 16.2. The Morgan fingerprint density at radius 2 is 2.06 bits per heavy atom. The quantitative estimate of drug-likeness (QED) is 0.630. The standard InChI is InChI=1S/C24H26N6O3/c1-29-12-16-13-30(24(33)18-10-15-6-2-3-8-20(15)27-23(18)32)14-19(21(16)28-29)22(31)26-11-17-7-4-5-9-25-17/h4-5,7,9-10,12,19H,2-3,6,8,11,13-14H2,1H3,(H,26,31)(H,27,32). The number of fused-ring (bicyclic) bond motifs is 2. The number of H-pyrrole nitrogens is 1. The van der Waals surface area contributed by atoms with Gasteiger partial charge in [0.25, 0.3) is 11.5 Å². The molecule has 1 aliphatic heterocycles. The van der Waals surface area contributed by atoms with Crippen LogP contribution >= 0.6 is 0 Å². The molecule has 1 aliphatic carbocycles. The topological polar surface area (TPSA) is 113 Å². The van der Waals surface area contributed by atoms with Crippen LogP contribution in [0.1, 0.15) is 57.3 Å². The van der Waals surface area contributed by atoms with Crippen LogP contribution in [0.3, 0.4) is 0 Å². The summed E-state index contributed by atoms with van der Waals surface area (Å²) in [5.41, 5.74) is 3.96. The van der Waals surface area contributed by atoms with Crippen LogP contribution in [0.25, 0.3) is 0 Å². The van der Waals surface area contributed by atoms with Gasteiger partial charge in [0.2, 0.25) is 5.91 Å². The van der Waals surface area contributed by atoms with Gasteiger partial charge in [0.15, 0.2) is 0 Å². The monoisotopic (exact) mass is 446 g/mol. The molecule has 9 nitrogen and oxygen atoms in total. The molecular weight excluding hydrogens is 420 g/mol. The minimum Gasteiger partial charge on any atom is -0.350 e. The molecule has 2 amide bonds. The van der Waals surface area contributed by atoms with Crippen LogP contribution in [0.2, 0.25) is 0 Å². The van der Waals surface area contributed by atoms with Gasteiger partial charge in [-0.3, -0.25) is 24.0 Å². The van der Waals surface area contributed by atoms with E-state index in [1.807, 2.05) is 24.4 Å². The maximum Gasteiger partial charge on any atom is 0.261 e. The van der Waals surface area contributed by atoms with Crippen LogP contribution in [0.4, 0.5) is 0 Å². The van der Waals surface area contributed by atoms with E-state index < -0.39 is 5.92 Å². The lowest BCUT2D eigenvalue weighted by molar-refractivity contribution is -0.123. The molecule has 0 saturated carbocycles. The molecule has 0 radical (unpaired) electrons. The van der Waals surface area contributed by atoms with Gasteiger partial charge in [0.05, 0.1) is 23.9 Å². The third-order valence-electron chi connectivity index (χ3n) is 6.37. The van der Waals surface area contributed by atoms with E-state index in [-0.39, 0.29) is 36.0 Å². The second kappa shape index (κ2) is 8.65. The van der Waals surface area contributed by atoms with E-state index in [4.69, 9.17) is 0 Å². The largest absolute Gasteiger partial charge is 0.350 e. The number of amides is 2. The van der Waals surface area contributed by atoms with Crippen molar-refractivity contribution in [1.29, 1.82) is 0 Å². The molecule has 2 aliphatic rings. The van der Waals surface area contributed by atoms with Crippen LogP contribution in [0, 0.1) is 0 Å². The Bertz CT molecular complexity index is 1260. The molecule has 9 heteroatoms. The van der Waals surface area contributed by atoms with Gasteiger partial charge in [-0.2, -0.15) is 5.10 Å². The van der Waals surface area contributed by atoms with Gasteiger partial charge in [-0.05, 0) is 49.4 Å². The van der Waals surface area contributed by atoms with Crippen LogP contribution < -0.4 is 10.9 Å². The van der Waals surface area contributed by atoms with E-state index in [1.165, 1.54) is 0 Å². The first kappa shape index (κ1) is 21.1. The highest BCUT2D eigenvalue weighted by molar-refractivity contribution is 5.95. The maximum atomic E-state index is 13.4. The number of hydrogen-bond donors (Lipinski definition) is 2. The third kappa shape index (κ3) is 4.18. The van der Waals surface area contributed by atoms with Crippen LogP contribution in [0.5, 0.6) is 0 Å². The highest BCUT2D eigenvalue weighted by Crippen LogP contribution is 2.28. The van der Waals surface area contributed by atoms with Gasteiger partial charge in [-0.1, -0.05) is 6.07 Å². The normalized spacial score (nSPS) is 17.2. The van der Waals surface area contributed by atoms with Gasteiger partial charge < -0.3 is 15.2 Å². The first-order valence-electron chi connectivity index (χ1n) is 11.2. The number of aromatic nitrogens is 4. The molecule has 0 saturated heterocycles. The second-order valence-electron chi connectivity index (χ2n) is 8.71. The van der Waals surface area contributed by atoms with Crippen molar-refractivity contribution in [3.8, 4) is 0 Å². The Balaban J connectivity index is 1.40. The van der Waals surface area contributed by atoms with Crippen molar-refractivity contribution in [2.75, 3.05) is 6.54 Å². The molecule has 0 bridgehead atoms. The van der Waals surface area contributed by atoms with Gasteiger partial charge >= 0.3 is 0 Å². The van der Waals surface area contributed by atoms with Crippen LogP contribution in [-0.2, 0) is 37.8 Å². The number of nitrogens with one attached hydrogen (secondary N) is 2. The van der Waals surface area contributed by atoms with E-state index in [0.29, 0.717) is 12.2 Å². The Labute approximate surface area is 190 Å². The number of carbonyl (C=O) groups is 2. The summed E-state index contributed by atoms with van der Waals surface area (Å²) in [6.07, 6.45) is 7.29. The molecule has 2 N–H and O–H groups in total. The number of aryl methyl sites for hydroxylation is 3. The predicted octanol–water partition coefficient (Wildman–Crippen LogP) is 1.44. The SMILES string of the molecule is Cn1cc2c(n1)C(C(=O)NCc1ccccn1)CN(C(=O)c1cc3c([nH]c1=O)CCCC3)C2. The van der Waals surface area contributed by atoms with Gasteiger partial charge in [0, 0.05) is 43.8 Å². The summed E-state index contributed by atoms with van der Waals surface area (Å²) in [6.45, 7) is 0.757. The molecule has 1 atom stereocenters. The highest BCUT2D eigenvalue weighted by Gasteiger charge is 2.36. The minimum atomic E-state index is -0.626. The molecule has 4 heterocycles. The second-order valence-corrected chi connectivity index (χ2v) is 8.71. The van der Waals surface area contributed by atoms with E-state index in [2.05, 4.69) is 20.4 Å². The first-order valence-corrected chi connectivity index (χ1v) is 11.2.